The summed E-state index contributed by atoms with van der Waals surface area (Å²) in [6.45, 7) is 1.90. The van der Waals surface area contributed by atoms with E-state index in [-0.39, 0.29) is 12.9 Å². The van der Waals surface area contributed by atoms with Gasteiger partial charge in [0.15, 0.2) is 0 Å². The van der Waals surface area contributed by atoms with E-state index in [1.807, 2.05) is 30.3 Å². The van der Waals surface area contributed by atoms with E-state index in [2.05, 4.69) is 5.32 Å². The van der Waals surface area contributed by atoms with Gasteiger partial charge < -0.3 is 10.1 Å². The van der Waals surface area contributed by atoms with Gasteiger partial charge in [-0.15, -0.1) is 0 Å². The second kappa shape index (κ2) is 8.02. The maximum absolute atomic E-state index is 11.9. The van der Waals surface area contributed by atoms with Gasteiger partial charge in [0.2, 0.25) is 5.91 Å². The van der Waals surface area contributed by atoms with Crippen LogP contribution in [0.5, 0.6) is 0 Å². The average molecular weight is 265 g/mol. The Morgan fingerprint density at radius 1 is 1.37 bits per heavy atom. The fourth-order valence-electron chi connectivity index (χ4n) is 1.56. The molecule has 5 heteroatoms. The van der Waals surface area contributed by atoms with Gasteiger partial charge in [-0.3, -0.25) is 4.79 Å². The van der Waals surface area contributed by atoms with Crippen molar-refractivity contribution in [2.45, 2.75) is 19.4 Å². The van der Waals surface area contributed by atoms with Crippen LogP contribution in [0, 0.1) is 0 Å². The predicted octanol–water partition coefficient (Wildman–Crippen LogP) is 1.76. The summed E-state index contributed by atoms with van der Waals surface area (Å²) in [5.41, 5.74) is 0.880. The first-order valence-electron chi connectivity index (χ1n) is 5.95. The van der Waals surface area contributed by atoms with Crippen molar-refractivity contribution in [3.8, 4) is 0 Å². The van der Waals surface area contributed by atoms with E-state index in [0.717, 1.165) is 11.6 Å². The number of carbonyl (C=O) groups is 2. The number of carbonyl (C=O) groups excluding carboxylic acids is 2. The van der Waals surface area contributed by atoms with Gasteiger partial charge in [0.25, 0.3) is 0 Å². The lowest BCUT2D eigenvalue weighted by molar-refractivity contribution is -0.147. The molecule has 0 aliphatic carbocycles. The molecule has 1 rings (SSSR count). The predicted molar refractivity (Wildman–Crippen MR) is 69.0 cm³/mol. The largest absolute Gasteiger partial charge is 0.464 e. The maximum atomic E-state index is 11.9. The Bertz CT molecular complexity index is 445. The molecular weight excluding hydrogens is 249 g/mol. The molecule has 0 saturated heterocycles. The summed E-state index contributed by atoms with van der Waals surface area (Å²) in [4.78, 5) is 23.0. The molecule has 102 valence electrons. The molecule has 0 aromatic heterocycles. The minimum Gasteiger partial charge on any atom is -0.464 e. The van der Waals surface area contributed by atoms with Crippen LogP contribution in [0.15, 0.2) is 42.7 Å². The molecule has 0 spiro atoms. The van der Waals surface area contributed by atoms with Crippen LogP contribution in [0.25, 0.3) is 0 Å². The Morgan fingerprint density at radius 3 is 2.63 bits per heavy atom. The highest BCUT2D eigenvalue weighted by Crippen LogP contribution is 2.05. The Labute approximate surface area is 111 Å². The number of esters is 1. The standard InChI is InChI=1S/C14H16FNO3/c1-2-19-14(18)12(16-13(17)8-9-15)10-11-6-4-3-5-7-11/h3-9,12H,2,10H2,1H3,(H,16,17)/t12-/m0/s1. The fourth-order valence-corrected chi connectivity index (χ4v) is 1.56. The lowest BCUT2D eigenvalue weighted by atomic mass is 10.1. The normalized spacial score (nSPS) is 12.1. The number of amides is 1. The number of nitrogens with one attached hydrogen (secondary N) is 1. The molecule has 1 aromatic rings. The number of hydrogen-bond acceptors (Lipinski definition) is 3. The molecule has 1 aromatic carbocycles. The number of benzene rings is 1. The summed E-state index contributed by atoms with van der Waals surface area (Å²) in [6, 6.07) is 8.37. The molecule has 19 heavy (non-hydrogen) atoms. The topological polar surface area (TPSA) is 55.4 Å². The van der Waals surface area contributed by atoms with Crippen molar-refractivity contribution >= 4 is 11.9 Å². The molecule has 1 N–H and O–H groups in total. The molecule has 0 aliphatic rings. The van der Waals surface area contributed by atoms with E-state index in [1.54, 1.807) is 6.92 Å². The lowest BCUT2D eigenvalue weighted by Crippen LogP contribution is -2.42. The van der Waals surface area contributed by atoms with Crippen molar-refractivity contribution in [3.63, 3.8) is 0 Å². The highest BCUT2D eigenvalue weighted by atomic mass is 19.1. The summed E-state index contributed by atoms with van der Waals surface area (Å²) in [7, 11) is 0. The van der Waals surface area contributed by atoms with Crippen LogP contribution in [0.1, 0.15) is 12.5 Å². The molecule has 0 bridgehead atoms. The van der Waals surface area contributed by atoms with Crippen LogP contribution in [0.3, 0.4) is 0 Å². The zero-order valence-electron chi connectivity index (χ0n) is 10.6. The third-order valence-electron chi connectivity index (χ3n) is 2.38. The Hall–Kier alpha value is -2.17. The minimum atomic E-state index is -0.828. The monoisotopic (exact) mass is 265 g/mol. The summed E-state index contributed by atoms with van der Waals surface area (Å²) in [5, 5.41) is 2.41. The van der Waals surface area contributed by atoms with Crippen molar-refractivity contribution in [2.75, 3.05) is 6.61 Å². The molecular formula is C14H16FNO3. The smallest absolute Gasteiger partial charge is 0.328 e. The van der Waals surface area contributed by atoms with Gasteiger partial charge in [0, 0.05) is 12.5 Å². The third-order valence-corrected chi connectivity index (χ3v) is 2.38. The van der Waals surface area contributed by atoms with Crippen LogP contribution < -0.4 is 5.32 Å². The molecule has 0 unspecified atom stereocenters. The van der Waals surface area contributed by atoms with Crippen LogP contribution in [-0.2, 0) is 20.7 Å². The fraction of sp³-hybridized carbons (Fsp3) is 0.286. The summed E-state index contributed by atoms with van der Waals surface area (Å²) in [5.74, 6) is -1.21. The molecule has 4 nitrogen and oxygen atoms in total. The van der Waals surface area contributed by atoms with E-state index in [1.165, 1.54) is 0 Å². The van der Waals surface area contributed by atoms with Gasteiger partial charge in [-0.25, -0.2) is 9.18 Å². The van der Waals surface area contributed by atoms with Gasteiger partial charge in [0.1, 0.15) is 6.04 Å². The first-order chi connectivity index (χ1) is 9.17. The molecule has 1 amide bonds. The van der Waals surface area contributed by atoms with E-state index in [4.69, 9.17) is 4.74 Å². The summed E-state index contributed by atoms with van der Waals surface area (Å²) >= 11 is 0. The number of rotatable bonds is 6. The Kier molecular flexibility index (Phi) is 6.29. The Morgan fingerprint density at radius 2 is 2.05 bits per heavy atom. The third kappa shape index (κ3) is 5.33. The van der Waals surface area contributed by atoms with Crippen LogP contribution >= 0.6 is 0 Å². The van der Waals surface area contributed by atoms with Gasteiger partial charge in [-0.1, -0.05) is 30.3 Å². The van der Waals surface area contributed by atoms with Crippen LogP contribution in [0.2, 0.25) is 0 Å². The molecule has 1 atom stereocenters. The van der Waals surface area contributed by atoms with E-state index in [9.17, 15) is 14.0 Å². The molecule has 0 heterocycles. The van der Waals surface area contributed by atoms with Crippen molar-refractivity contribution in [1.29, 1.82) is 0 Å². The zero-order valence-corrected chi connectivity index (χ0v) is 10.6. The van der Waals surface area contributed by atoms with Crippen molar-refractivity contribution in [2.24, 2.45) is 0 Å². The SMILES string of the molecule is CCOC(=O)[C@H](Cc1ccccc1)NC(=O)C=CF. The highest BCUT2D eigenvalue weighted by Gasteiger charge is 2.21. The number of halogens is 1. The minimum absolute atomic E-state index is 0.125. The first-order valence-corrected chi connectivity index (χ1v) is 5.95. The van der Waals surface area contributed by atoms with Gasteiger partial charge >= 0.3 is 5.97 Å². The first kappa shape index (κ1) is 14.9. The quantitative estimate of drug-likeness (QED) is 0.630. The molecule has 0 fully saturated rings. The summed E-state index contributed by atoms with van der Waals surface area (Å²) in [6.07, 6.45) is 1.14. The average Bonchev–Trinajstić information content (AvgIpc) is 2.40. The van der Waals surface area contributed by atoms with Gasteiger partial charge in [0.05, 0.1) is 12.9 Å². The molecule has 0 aliphatic heterocycles. The number of hydrogen-bond donors (Lipinski definition) is 1. The lowest BCUT2D eigenvalue weighted by Gasteiger charge is -2.16. The van der Waals surface area contributed by atoms with Crippen molar-refractivity contribution < 1.29 is 18.7 Å². The van der Waals surface area contributed by atoms with E-state index in [0.29, 0.717) is 6.42 Å². The highest BCUT2D eigenvalue weighted by molar-refractivity contribution is 5.91. The zero-order chi connectivity index (χ0) is 14.1. The second-order valence-electron chi connectivity index (χ2n) is 3.80. The van der Waals surface area contributed by atoms with Crippen molar-refractivity contribution in [1.82, 2.24) is 5.32 Å². The van der Waals surface area contributed by atoms with Gasteiger partial charge in [-0.2, -0.15) is 0 Å². The Balaban J connectivity index is 2.74. The summed E-state index contributed by atoms with van der Waals surface area (Å²) < 4.78 is 16.8. The van der Waals surface area contributed by atoms with Gasteiger partial charge in [-0.05, 0) is 12.5 Å². The van der Waals surface area contributed by atoms with E-state index < -0.39 is 17.9 Å². The molecule has 0 radical (unpaired) electrons. The van der Waals surface area contributed by atoms with E-state index >= 15 is 0 Å². The molecule has 0 saturated carbocycles. The maximum Gasteiger partial charge on any atom is 0.328 e. The second-order valence-corrected chi connectivity index (χ2v) is 3.80. The van der Waals surface area contributed by atoms with Crippen molar-refractivity contribution in [3.05, 3.63) is 48.3 Å². The van der Waals surface area contributed by atoms with Crippen LogP contribution in [-0.4, -0.2) is 24.5 Å². The van der Waals surface area contributed by atoms with Crippen LogP contribution in [0.4, 0.5) is 4.39 Å². The number of ether oxygens (including phenoxy) is 1.